The van der Waals surface area contributed by atoms with E-state index in [1.807, 2.05) is 72.8 Å². The van der Waals surface area contributed by atoms with E-state index in [2.05, 4.69) is 19.9 Å². The number of carbonyl (C=O) groups excluding carboxylic acids is 6. The summed E-state index contributed by atoms with van der Waals surface area (Å²) in [7, 11) is 0. The summed E-state index contributed by atoms with van der Waals surface area (Å²) in [4.78, 5) is 75.7. The topological polar surface area (TPSA) is 292 Å². The van der Waals surface area contributed by atoms with Crippen molar-refractivity contribution in [1.82, 2.24) is 19.9 Å². The molecule has 0 saturated carbocycles. The summed E-state index contributed by atoms with van der Waals surface area (Å²) in [5.41, 5.74) is 3.66. The third kappa shape index (κ3) is 49.4. The molecule has 4 rings (SSSR count). The normalized spacial score (nSPS) is 13.1. The van der Waals surface area contributed by atoms with E-state index in [-0.39, 0.29) is 71.2 Å². The van der Waals surface area contributed by atoms with Crippen molar-refractivity contribution in [3.63, 3.8) is 0 Å². The maximum atomic E-state index is 11.3. The van der Waals surface area contributed by atoms with Gasteiger partial charge in [-0.2, -0.15) is 158 Å². The van der Waals surface area contributed by atoms with Crippen molar-refractivity contribution in [2.24, 2.45) is 0 Å². The van der Waals surface area contributed by atoms with Gasteiger partial charge in [0.2, 0.25) is 0 Å². The van der Waals surface area contributed by atoms with E-state index in [0.29, 0.717) is 0 Å². The van der Waals surface area contributed by atoms with Gasteiger partial charge in [-0.05, 0) is 120 Å². The maximum Gasteiger partial charge on any atom is 3.00 e. The molecule has 54 heteroatoms. The number of halogens is 36. The van der Waals surface area contributed by atoms with Crippen molar-refractivity contribution < 1.29 is 289 Å². The molecule has 572 valence electrons. The zero-order valence-corrected chi connectivity index (χ0v) is 55.4. The van der Waals surface area contributed by atoms with Crippen molar-refractivity contribution in [3.05, 3.63) is 169 Å². The summed E-state index contributed by atoms with van der Waals surface area (Å²) < 4.78 is 407. The number of carbonyl (C=O) groups is 6. The molecule has 16 nitrogen and oxygen atoms in total. The van der Waals surface area contributed by atoms with Crippen LogP contribution < -0.4 is 30.6 Å². The zero-order valence-electron chi connectivity index (χ0n) is 48.2. The second kappa shape index (κ2) is 43.9. The predicted molar refractivity (Wildman–Crippen MR) is 246 cm³/mol. The number of nitrogens with zero attached hydrogens (tertiary/aromatic N) is 4. The molecule has 0 aliphatic heterocycles. The largest absolute Gasteiger partial charge is 3.00 e. The van der Waals surface area contributed by atoms with Crippen molar-refractivity contribution in [2.45, 2.75) is 74.1 Å². The Morgan fingerprint density at radius 2 is 0.317 bits per heavy atom. The van der Waals surface area contributed by atoms with Gasteiger partial charge in [0.25, 0.3) is 34.7 Å². The second-order valence-corrected chi connectivity index (χ2v) is 16.1. The molecule has 0 atom stereocenters. The SMILES string of the molecule is O=C(/C=C(\[O-])C(F)(F)F)C(F)(F)F.O=C(/C=C(\[O-])C(F)(F)F)C(F)(F)F.O=C(/C=C(\[O-])C(F)(F)F)C(F)(F)F.O=C(/C=C(\[O-])C(F)(F)F)C(F)(F)F.O=C(/C=C(\[O-])C(F)(F)F)C(F)(F)F.O=C(/C=C(\[O-])C(F)(F)F)C(F)(F)F.[La+3].[La+3].c1ccc(-c2ccccn2)nc1.c1ccc(-c2ccccn2)nc1. The Balaban J connectivity index is -0.000000263. The monoisotopic (exact) mass is 1830 g/mol. The fourth-order valence-electron chi connectivity index (χ4n) is 3.75. The van der Waals surface area contributed by atoms with E-state index >= 15 is 0 Å². The van der Waals surface area contributed by atoms with Gasteiger partial charge in [0, 0.05) is 24.8 Å². The van der Waals surface area contributed by atoms with Gasteiger partial charge in [0.15, 0.2) is 0 Å². The zero-order chi connectivity index (χ0) is 81.6. The Bertz CT molecular complexity index is 2960. The van der Waals surface area contributed by atoms with Crippen LogP contribution in [0.3, 0.4) is 0 Å². The molecule has 0 saturated heterocycles. The Kier molecular flexibility index (Phi) is 45.0. The van der Waals surface area contributed by atoms with Gasteiger partial charge in [-0.15, -0.1) is 0 Å². The van der Waals surface area contributed by atoms with Crippen LogP contribution in [0.2, 0.25) is 0 Å². The molecule has 0 aliphatic carbocycles. The number of hydrogen-bond acceptors (Lipinski definition) is 16. The first kappa shape index (κ1) is 107. The molecule has 0 fully saturated rings. The minimum Gasteiger partial charge on any atom is -0.869 e. The van der Waals surface area contributed by atoms with Gasteiger partial charge >= 0.3 is 145 Å². The van der Waals surface area contributed by atoms with Crippen LogP contribution in [0.15, 0.2) is 169 Å². The van der Waals surface area contributed by atoms with Crippen LogP contribution in [0.25, 0.3) is 22.8 Å². The van der Waals surface area contributed by atoms with E-state index in [1.165, 1.54) is 0 Å². The van der Waals surface area contributed by atoms with Gasteiger partial charge in [-0.1, -0.05) is 24.3 Å². The molecule has 0 aliphatic rings. The standard InChI is InChI=1S/2C10H8N2.6C5H2F6O2.2La/c2*1-3-7-11-9(5-1)10-6-2-4-8-12-10;6*6-4(7,8)2(12)1-3(13)5(9,10)11;;/h2*1-8H;6*1,12H;;/q;;;;;;;;2*+3/p-6/b;;6*2-1-;;. The minimum atomic E-state index is -5.46. The number of ketones is 6. The van der Waals surface area contributed by atoms with Crippen LogP contribution in [-0.4, -0.2) is 129 Å². The van der Waals surface area contributed by atoms with Gasteiger partial charge in [0.05, 0.1) is 22.8 Å². The molecule has 4 heterocycles. The van der Waals surface area contributed by atoms with E-state index in [4.69, 9.17) is 0 Å². The quantitative estimate of drug-likeness (QED) is 0.0900. The van der Waals surface area contributed by atoms with Gasteiger partial charge < -0.3 is 30.6 Å². The number of allylic oxidation sites excluding steroid dienone is 12. The van der Waals surface area contributed by atoms with Crippen LogP contribution in [0.4, 0.5) is 158 Å². The third-order valence-corrected chi connectivity index (χ3v) is 8.11. The number of hydrogen-bond donors (Lipinski definition) is 0. The molecule has 0 aromatic carbocycles. The van der Waals surface area contributed by atoms with Crippen LogP contribution in [0, 0.1) is 71.2 Å². The molecule has 4 aromatic heterocycles. The molecular formula is C50H22F36La2N4O12. The number of aromatic nitrogens is 4. The third-order valence-electron chi connectivity index (χ3n) is 8.11. The molecule has 0 spiro atoms. The van der Waals surface area contributed by atoms with Crippen LogP contribution in [0.1, 0.15) is 0 Å². The number of alkyl halides is 36. The van der Waals surface area contributed by atoms with Gasteiger partial charge in [-0.3, -0.25) is 48.7 Å². The molecule has 4 aromatic rings. The smallest absolute Gasteiger partial charge is 0.869 e. The molecule has 0 N–H and O–H groups in total. The summed E-state index contributed by atoms with van der Waals surface area (Å²) >= 11 is 0. The van der Waals surface area contributed by atoms with E-state index in [9.17, 15) is 217 Å². The molecule has 0 radical (unpaired) electrons. The summed E-state index contributed by atoms with van der Waals surface area (Å²) in [6.45, 7) is 0. The van der Waals surface area contributed by atoms with Crippen molar-refractivity contribution in [2.75, 3.05) is 0 Å². The summed E-state index contributed by atoms with van der Waals surface area (Å²) in [5.74, 6) is -33.9. The van der Waals surface area contributed by atoms with E-state index in [0.717, 1.165) is 22.8 Å². The van der Waals surface area contributed by atoms with E-state index in [1.54, 1.807) is 24.8 Å². The fraction of sp³-hybridized carbons (Fsp3) is 0.240. The Labute approximate surface area is 605 Å². The van der Waals surface area contributed by atoms with Crippen LogP contribution in [-0.2, 0) is 28.8 Å². The summed E-state index contributed by atoms with van der Waals surface area (Å²) in [6.07, 6.45) is -64.6. The Morgan fingerprint density at radius 3 is 0.385 bits per heavy atom. The molecular weight excluding hydrogens is 1810 g/mol. The Hall–Kier alpha value is -8.27. The van der Waals surface area contributed by atoms with Gasteiger partial charge in [0.1, 0.15) is 0 Å². The minimum absolute atomic E-state index is 0. The summed E-state index contributed by atoms with van der Waals surface area (Å²) in [5, 5.41) is 58.9. The van der Waals surface area contributed by atoms with Crippen molar-refractivity contribution >= 4 is 34.7 Å². The first-order chi connectivity index (χ1) is 45.2. The average molecular weight is 1830 g/mol. The molecule has 104 heavy (non-hydrogen) atoms. The predicted octanol–water partition coefficient (Wildman–Crippen LogP) is 9.83. The van der Waals surface area contributed by atoms with E-state index < -0.39 is 180 Å². The molecule has 0 amide bonds. The maximum absolute atomic E-state index is 11.3. The summed E-state index contributed by atoms with van der Waals surface area (Å²) in [6, 6.07) is 23.2. The molecule has 0 bridgehead atoms. The van der Waals surface area contributed by atoms with Crippen LogP contribution >= 0.6 is 0 Å². The van der Waals surface area contributed by atoms with Crippen LogP contribution in [0.5, 0.6) is 0 Å². The average Bonchev–Trinajstić information content (AvgIpc) is 0.906. The first-order valence-corrected chi connectivity index (χ1v) is 23.3. The Morgan fingerprint density at radius 1 is 0.212 bits per heavy atom. The van der Waals surface area contributed by atoms with Crippen molar-refractivity contribution in [3.8, 4) is 22.8 Å². The number of pyridine rings is 4. The van der Waals surface area contributed by atoms with Crippen molar-refractivity contribution in [1.29, 1.82) is 0 Å². The molecule has 0 unspecified atom stereocenters. The number of rotatable bonds is 8. The first-order valence-electron chi connectivity index (χ1n) is 23.3. The fourth-order valence-corrected chi connectivity index (χ4v) is 3.75. The second-order valence-electron chi connectivity index (χ2n) is 16.1. The van der Waals surface area contributed by atoms with Gasteiger partial charge in [-0.25, -0.2) is 0 Å².